The molecule has 8 nitrogen and oxygen atoms in total. The number of carbonyl (C=O) groups is 2. The Morgan fingerprint density at radius 3 is 2.59 bits per heavy atom. The molecule has 27 heavy (non-hydrogen) atoms. The van der Waals surface area contributed by atoms with Gasteiger partial charge in [0, 0.05) is 6.54 Å². The van der Waals surface area contributed by atoms with Crippen LogP contribution in [-0.2, 0) is 11.3 Å². The molecule has 2 aromatic heterocycles. The number of nitrogens with one attached hydrogen (secondary N) is 2. The van der Waals surface area contributed by atoms with Crippen molar-refractivity contribution in [3.8, 4) is 0 Å². The van der Waals surface area contributed by atoms with Crippen molar-refractivity contribution in [2.75, 3.05) is 11.1 Å². The summed E-state index contributed by atoms with van der Waals surface area (Å²) in [5.74, 6) is -0.175. The summed E-state index contributed by atoms with van der Waals surface area (Å²) in [6, 6.07) is 8.00. The number of amides is 2. The van der Waals surface area contributed by atoms with Crippen LogP contribution < -0.4 is 10.6 Å². The highest BCUT2D eigenvalue weighted by molar-refractivity contribution is 8.01. The first-order valence-electron chi connectivity index (χ1n) is 7.90. The monoisotopic (exact) mass is 420 g/mol. The lowest BCUT2D eigenvalue weighted by Gasteiger charge is -2.04. The number of aryl methyl sites for hydroxylation is 2. The summed E-state index contributed by atoms with van der Waals surface area (Å²) in [6.45, 7) is 4.22. The first kappa shape index (κ1) is 19.4. The van der Waals surface area contributed by atoms with Crippen LogP contribution in [0.5, 0.6) is 0 Å². The van der Waals surface area contributed by atoms with E-state index in [2.05, 4.69) is 30.4 Å². The molecule has 3 aromatic rings. The van der Waals surface area contributed by atoms with E-state index in [1.54, 1.807) is 6.92 Å². The SMILES string of the molecule is Cc1ccc(CNC(=O)CSc2nnc(NC(=O)c3snnc3C)s2)cc1. The molecule has 140 valence electrons. The zero-order chi connectivity index (χ0) is 19.2. The van der Waals surface area contributed by atoms with Crippen LogP contribution in [0.25, 0.3) is 0 Å². The van der Waals surface area contributed by atoms with E-state index in [0.717, 1.165) is 17.1 Å². The quantitative estimate of drug-likeness (QED) is 0.447. The van der Waals surface area contributed by atoms with E-state index < -0.39 is 0 Å². The van der Waals surface area contributed by atoms with Crippen molar-refractivity contribution in [3.05, 3.63) is 46.0 Å². The Balaban J connectivity index is 1.45. The zero-order valence-electron chi connectivity index (χ0n) is 14.6. The molecule has 0 bridgehead atoms. The fraction of sp³-hybridized carbons (Fsp3) is 0.250. The van der Waals surface area contributed by atoms with E-state index in [9.17, 15) is 9.59 Å². The predicted octanol–water partition coefficient (Wildman–Crippen LogP) is 2.67. The van der Waals surface area contributed by atoms with E-state index in [-0.39, 0.29) is 17.6 Å². The number of hydrogen-bond donors (Lipinski definition) is 2. The summed E-state index contributed by atoms with van der Waals surface area (Å²) in [4.78, 5) is 24.5. The van der Waals surface area contributed by atoms with Crippen molar-refractivity contribution in [2.24, 2.45) is 0 Å². The van der Waals surface area contributed by atoms with Gasteiger partial charge in [0.25, 0.3) is 5.91 Å². The van der Waals surface area contributed by atoms with Gasteiger partial charge in [0.2, 0.25) is 11.0 Å². The number of rotatable bonds is 7. The summed E-state index contributed by atoms with van der Waals surface area (Å²) < 4.78 is 4.34. The maximum absolute atomic E-state index is 12.1. The van der Waals surface area contributed by atoms with E-state index in [1.165, 1.54) is 28.7 Å². The fourth-order valence-electron chi connectivity index (χ4n) is 2.00. The first-order valence-corrected chi connectivity index (χ1v) is 10.5. The second-order valence-electron chi connectivity index (χ2n) is 5.57. The molecular formula is C16H16N6O2S3. The Bertz CT molecular complexity index is 938. The molecular weight excluding hydrogens is 404 g/mol. The Labute approximate surface area is 168 Å². The number of nitrogens with zero attached hydrogens (tertiary/aromatic N) is 4. The third kappa shape index (κ3) is 5.55. The number of benzene rings is 1. The average molecular weight is 421 g/mol. The zero-order valence-corrected chi connectivity index (χ0v) is 17.0. The third-order valence-corrected chi connectivity index (χ3v) is 6.22. The molecule has 0 radical (unpaired) electrons. The van der Waals surface area contributed by atoms with E-state index in [0.29, 0.717) is 26.6 Å². The molecule has 0 saturated carbocycles. The molecule has 2 N–H and O–H groups in total. The molecule has 0 aliphatic rings. The van der Waals surface area contributed by atoms with Gasteiger partial charge in [0.05, 0.1) is 11.4 Å². The van der Waals surface area contributed by atoms with Crippen molar-refractivity contribution < 1.29 is 9.59 Å². The Morgan fingerprint density at radius 2 is 1.89 bits per heavy atom. The minimum absolute atomic E-state index is 0.0901. The maximum atomic E-state index is 12.1. The Hall–Kier alpha value is -2.37. The first-order chi connectivity index (χ1) is 13.0. The smallest absolute Gasteiger partial charge is 0.271 e. The molecule has 1 aromatic carbocycles. The number of carbonyl (C=O) groups excluding carboxylic acids is 2. The Morgan fingerprint density at radius 1 is 1.11 bits per heavy atom. The van der Waals surface area contributed by atoms with Crippen LogP contribution in [0, 0.1) is 13.8 Å². The minimum Gasteiger partial charge on any atom is -0.351 e. The number of anilines is 1. The molecule has 2 amide bonds. The van der Waals surface area contributed by atoms with Crippen molar-refractivity contribution >= 4 is 51.6 Å². The van der Waals surface area contributed by atoms with Gasteiger partial charge in [-0.1, -0.05) is 57.4 Å². The Kier molecular flexibility index (Phi) is 6.48. The van der Waals surface area contributed by atoms with Crippen molar-refractivity contribution in [2.45, 2.75) is 24.7 Å². The van der Waals surface area contributed by atoms with Crippen LogP contribution >= 0.6 is 34.6 Å². The third-order valence-electron chi connectivity index (χ3n) is 3.42. The molecule has 0 saturated heterocycles. The van der Waals surface area contributed by atoms with E-state index >= 15 is 0 Å². The molecule has 3 rings (SSSR count). The van der Waals surface area contributed by atoms with Crippen LogP contribution in [0.4, 0.5) is 5.13 Å². The van der Waals surface area contributed by atoms with E-state index in [4.69, 9.17) is 0 Å². The summed E-state index contributed by atoms with van der Waals surface area (Å²) in [5, 5.41) is 17.6. The largest absolute Gasteiger partial charge is 0.351 e. The van der Waals surface area contributed by atoms with Gasteiger partial charge in [0.15, 0.2) is 4.34 Å². The van der Waals surface area contributed by atoms with Gasteiger partial charge in [0.1, 0.15) is 4.88 Å². The topological polar surface area (TPSA) is 110 Å². The van der Waals surface area contributed by atoms with Crippen LogP contribution in [0.2, 0.25) is 0 Å². The van der Waals surface area contributed by atoms with Crippen LogP contribution in [0.1, 0.15) is 26.5 Å². The highest BCUT2D eigenvalue weighted by Gasteiger charge is 2.16. The van der Waals surface area contributed by atoms with Gasteiger partial charge in [-0.15, -0.1) is 15.3 Å². The van der Waals surface area contributed by atoms with Crippen molar-refractivity contribution in [1.82, 2.24) is 25.1 Å². The second-order valence-corrected chi connectivity index (χ2v) is 8.52. The maximum Gasteiger partial charge on any atom is 0.271 e. The molecule has 2 heterocycles. The number of hydrogen-bond acceptors (Lipinski definition) is 9. The summed E-state index contributed by atoms with van der Waals surface area (Å²) in [6.07, 6.45) is 0. The molecule has 0 fully saturated rings. The summed E-state index contributed by atoms with van der Waals surface area (Å²) in [7, 11) is 0. The van der Waals surface area contributed by atoms with Crippen molar-refractivity contribution in [3.63, 3.8) is 0 Å². The van der Waals surface area contributed by atoms with Crippen LogP contribution in [0.3, 0.4) is 0 Å². The van der Waals surface area contributed by atoms with Crippen LogP contribution in [0.15, 0.2) is 28.6 Å². The van der Waals surface area contributed by atoms with Gasteiger partial charge in [-0.05, 0) is 30.9 Å². The van der Waals surface area contributed by atoms with Crippen molar-refractivity contribution in [1.29, 1.82) is 0 Å². The van der Waals surface area contributed by atoms with E-state index in [1.807, 2.05) is 31.2 Å². The van der Waals surface area contributed by atoms with Gasteiger partial charge in [-0.2, -0.15) is 0 Å². The van der Waals surface area contributed by atoms with Gasteiger partial charge in [-0.3, -0.25) is 14.9 Å². The normalized spacial score (nSPS) is 10.6. The minimum atomic E-state index is -0.314. The molecule has 0 aliphatic heterocycles. The molecule has 11 heteroatoms. The molecule has 0 atom stereocenters. The number of aromatic nitrogens is 4. The van der Waals surface area contributed by atoms with Crippen LogP contribution in [-0.4, -0.2) is 37.4 Å². The standard InChI is InChI=1S/C16H16N6O2S3/c1-9-3-5-11(6-4-9)7-17-12(23)8-25-16-21-20-15(26-16)18-14(24)13-10(2)19-22-27-13/h3-6H,7-8H2,1-2H3,(H,17,23)(H,18,20,24). The summed E-state index contributed by atoms with van der Waals surface area (Å²) >= 11 is 3.52. The predicted molar refractivity (Wildman–Crippen MR) is 106 cm³/mol. The lowest BCUT2D eigenvalue weighted by Crippen LogP contribution is -2.24. The highest BCUT2D eigenvalue weighted by atomic mass is 32.2. The van der Waals surface area contributed by atoms with Gasteiger partial charge < -0.3 is 5.32 Å². The highest BCUT2D eigenvalue weighted by Crippen LogP contribution is 2.26. The average Bonchev–Trinajstić information content (AvgIpc) is 3.28. The fourth-order valence-corrected chi connectivity index (χ4v) is 4.13. The van der Waals surface area contributed by atoms with Gasteiger partial charge in [-0.25, -0.2) is 0 Å². The lowest BCUT2D eigenvalue weighted by molar-refractivity contribution is -0.118. The number of thioether (sulfide) groups is 1. The molecule has 0 unspecified atom stereocenters. The van der Waals surface area contributed by atoms with Gasteiger partial charge >= 0.3 is 0 Å². The summed E-state index contributed by atoms with van der Waals surface area (Å²) in [5.41, 5.74) is 2.80. The lowest BCUT2D eigenvalue weighted by atomic mass is 10.1. The molecule has 0 aliphatic carbocycles. The second kappa shape index (κ2) is 9.02. The molecule has 0 spiro atoms.